The Bertz CT molecular complexity index is 344. The van der Waals surface area contributed by atoms with Gasteiger partial charge in [-0.15, -0.1) is 0 Å². The predicted molar refractivity (Wildman–Crippen MR) is 76.1 cm³/mol. The number of hydrogen-bond acceptors (Lipinski definition) is 4. The smallest absolute Gasteiger partial charge is 0.304 e. The number of rotatable bonds is 11. The molecule has 1 aromatic rings. The molecule has 4 N–H and O–H groups in total. The second-order valence-electron chi connectivity index (χ2n) is 4.31. The summed E-state index contributed by atoms with van der Waals surface area (Å²) in [6.45, 7) is 4.90. The van der Waals surface area contributed by atoms with Crippen molar-refractivity contribution in [3.63, 3.8) is 0 Å². The first-order chi connectivity index (χ1) is 9.29. The van der Waals surface area contributed by atoms with E-state index in [1.807, 2.05) is 18.2 Å². The Balaban J connectivity index is 1.83. The summed E-state index contributed by atoms with van der Waals surface area (Å²) in [7, 11) is 0. The number of carbonyl (C=O) groups is 1. The summed E-state index contributed by atoms with van der Waals surface area (Å²) < 4.78 is 0. The molecule has 0 aliphatic carbocycles. The van der Waals surface area contributed by atoms with Gasteiger partial charge in [-0.25, -0.2) is 0 Å². The van der Waals surface area contributed by atoms with Crippen LogP contribution < -0.4 is 16.0 Å². The van der Waals surface area contributed by atoms with Crippen LogP contribution in [0.1, 0.15) is 12.0 Å². The van der Waals surface area contributed by atoms with E-state index in [1.54, 1.807) is 0 Å². The third-order valence-corrected chi connectivity index (χ3v) is 2.64. The highest BCUT2D eigenvalue weighted by Gasteiger charge is 1.95. The van der Waals surface area contributed by atoms with Crippen LogP contribution in [0.4, 0.5) is 0 Å². The molecule has 0 saturated heterocycles. The molecule has 1 aromatic carbocycles. The molecular formula is C14H23N3O2. The second-order valence-corrected chi connectivity index (χ2v) is 4.31. The zero-order chi connectivity index (χ0) is 13.8. The highest BCUT2D eigenvalue weighted by Crippen LogP contribution is 1.96. The van der Waals surface area contributed by atoms with Gasteiger partial charge in [-0.1, -0.05) is 30.3 Å². The van der Waals surface area contributed by atoms with E-state index in [9.17, 15) is 4.79 Å². The van der Waals surface area contributed by atoms with E-state index in [-0.39, 0.29) is 6.42 Å². The van der Waals surface area contributed by atoms with Gasteiger partial charge in [0.15, 0.2) is 0 Å². The minimum Gasteiger partial charge on any atom is -0.481 e. The Labute approximate surface area is 114 Å². The Morgan fingerprint density at radius 3 is 2.11 bits per heavy atom. The Morgan fingerprint density at radius 2 is 1.47 bits per heavy atom. The molecule has 5 nitrogen and oxygen atoms in total. The van der Waals surface area contributed by atoms with Crippen molar-refractivity contribution in [2.45, 2.75) is 13.0 Å². The summed E-state index contributed by atoms with van der Waals surface area (Å²) in [6.07, 6.45) is 0.179. The first-order valence-corrected chi connectivity index (χ1v) is 6.67. The van der Waals surface area contributed by atoms with Crippen LogP contribution >= 0.6 is 0 Å². The van der Waals surface area contributed by atoms with Crippen molar-refractivity contribution in [1.82, 2.24) is 16.0 Å². The molecule has 0 unspecified atom stereocenters. The van der Waals surface area contributed by atoms with Crippen molar-refractivity contribution in [3.8, 4) is 0 Å². The summed E-state index contributed by atoms with van der Waals surface area (Å²) in [4.78, 5) is 10.3. The average Bonchev–Trinajstić information content (AvgIpc) is 2.42. The first-order valence-electron chi connectivity index (χ1n) is 6.67. The van der Waals surface area contributed by atoms with Crippen LogP contribution in [0, 0.1) is 0 Å². The molecule has 106 valence electrons. The normalized spacial score (nSPS) is 10.5. The summed E-state index contributed by atoms with van der Waals surface area (Å²) in [5, 5.41) is 18.2. The summed E-state index contributed by atoms with van der Waals surface area (Å²) >= 11 is 0. The lowest BCUT2D eigenvalue weighted by atomic mass is 10.2. The molecule has 1 rings (SSSR count). The highest BCUT2D eigenvalue weighted by atomic mass is 16.4. The number of carboxylic acids is 1. The van der Waals surface area contributed by atoms with Crippen molar-refractivity contribution >= 4 is 5.97 Å². The van der Waals surface area contributed by atoms with Crippen LogP contribution in [0.5, 0.6) is 0 Å². The zero-order valence-corrected chi connectivity index (χ0v) is 11.2. The molecule has 0 aliphatic heterocycles. The average molecular weight is 265 g/mol. The minimum atomic E-state index is -0.759. The van der Waals surface area contributed by atoms with Gasteiger partial charge in [0, 0.05) is 39.3 Å². The van der Waals surface area contributed by atoms with Crippen molar-refractivity contribution in [2.24, 2.45) is 0 Å². The number of hydrogen-bond donors (Lipinski definition) is 4. The van der Waals surface area contributed by atoms with E-state index in [4.69, 9.17) is 5.11 Å². The maximum absolute atomic E-state index is 10.3. The molecule has 19 heavy (non-hydrogen) atoms. The van der Waals surface area contributed by atoms with Crippen LogP contribution in [0.25, 0.3) is 0 Å². The number of carboxylic acid groups (broad SMARTS) is 1. The molecule has 0 radical (unpaired) electrons. The minimum absolute atomic E-state index is 0.179. The maximum Gasteiger partial charge on any atom is 0.304 e. The lowest BCUT2D eigenvalue weighted by Gasteiger charge is -2.07. The Kier molecular flexibility index (Phi) is 8.63. The quantitative estimate of drug-likeness (QED) is 0.437. The second kappa shape index (κ2) is 10.5. The van der Waals surface area contributed by atoms with Gasteiger partial charge in [-0.3, -0.25) is 4.79 Å². The van der Waals surface area contributed by atoms with Crippen LogP contribution in [-0.4, -0.2) is 43.8 Å². The van der Waals surface area contributed by atoms with Gasteiger partial charge in [-0.2, -0.15) is 0 Å². The molecule has 0 aromatic heterocycles. The van der Waals surface area contributed by atoms with Crippen molar-refractivity contribution < 1.29 is 9.90 Å². The number of nitrogens with one attached hydrogen (secondary N) is 3. The van der Waals surface area contributed by atoms with Gasteiger partial charge >= 0.3 is 5.97 Å². The summed E-state index contributed by atoms with van der Waals surface area (Å²) in [5.74, 6) is -0.759. The van der Waals surface area contributed by atoms with Gasteiger partial charge < -0.3 is 21.1 Å². The molecule has 0 saturated carbocycles. The third-order valence-electron chi connectivity index (χ3n) is 2.64. The van der Waals surface area contributed by atoms with E-state index in [0.29, 0.717) is 6.54 Å². The third kappa shape index (κ3) is 9.18. The first kappa shape index (κ1) is 15.6. The molecule has 0 heterocycles. The topological polar surface area (TPSA) is 73.4 Å². The van der Waals surface area contributed by atoms with E-state index >= 15 is 0 Å². The van der Waals surface area contributed by atoms with Crippen molar-refractivity contribution in [1.29, 1.82) is 0 Å². The number of benzene rings is 1. The SMILES string of the molecule is O=C(O)CCNCCNCCNCc1ccccc1. The fraction of sp³-hybridized carbons (Fsp3) is 0.500. The molecule has 0 spiro atoms. The molecule has 0 bridgehead atoms. The van der Waals surface area contributed by atoms with Gasteiger partial charge in [0.25, 0.3) is 0 Å². The fourth-order valence-corrected chi connectivity index (χ4v) is 1.63. The lowest BCUT2D eigenvalue weighted by molar-refractivity contribution is -0.136. The fourth-order valence-electron chi connectivity index (χ4n) is 1.63. The largest absolute Gasteiger partial charge is 0.481 e. The maximum atomic E-state index is 10.3. The Morgan fingerprint density at radius 1 is 0.895 bits per heavy atom. The van der Waals surface area contributed by atoms with Crippen molar-refractivity contribution in [2.75, 3.05) is 32.7 Å². The van der Waals surface area contributed by atoms with Crippen LogP contribution in [-0.2, 0) is 11.3 Å². The van der Waals surface area contributed by atoms with E-state index in [2.05, 4.69) is 28.1 Å². The highest BCUT2D eigenvalue weighted by molar-refractivity contribution is 5.66. The van der Waals surface area contributed by atoms with Crippen LogP contribution in [0.2, 0.25) is 0 Å². The summed E-state index contributed by atoms with van der Waals surface area (Å²) in [6, 6.07) is 10.3. The molecule has 0 fully saturated rings. The molecule has 0 amide bonds. The number of aliphatic carboxylic acids is 1. The monoisotopic (exact) mass is 265 g/mol. The van der Waals surface area contributed by atoms with Gasteiger partial charge in [0.1, 0.15) is 0 Å². The van der Waals surface area contributed by atoms with Gasteiger partial charge in [0.05, 0.1) is 6.42 Å². The van der Waals surface area contributed by atoms with Gasteiger partial charge in [0.2, 0.25) is 0 Å². The molecule has 0 aliphatic rings. The lowest BCUT2D eigenvalue weighted by Crippen LogP contribution is -2.33. The van der Waals surface area contributed by atoms with E-state index in [1.165, 1.54) is 5.56 Å². The standard InChI is InChI=1S/C14H23N3O2/c18-14(19)6-7-15-8-9-16-10-11-17-12-13-4-2-1-3-5-13/h1-5,15-17H,6-12H2,(H,18,19). The van der Waals surface area contributed by atoms with Crippen molar-refractivity contribution in [3.05, 3.63) is 35.9 Å². The van der Waals surface area contributed by atoms with E-state index < -0.39 is 5.97 Å². The van der Waals surface area contributed by atoms with E-state index in [0.717, 1.165) is 32.7 Å². The molecular weight excluding hydrogens is 242 g/mol. The zero-order valence-electron chi connectivity index (χ0n) is 11.2. The van der Waals surface area contributed by atoms with Gasteiger partial charge in [-0.05, 0) is 5.56 Å². The Hall–Kier alpha value is -1.43. The van der Waals surface area contributed by atoms with Crippen LogP contribution in [0.15, 0.2) is 30.3 Å². The summed E-state index contributed by atoms with van der Waals surface area (Å²) in [5.41, 5.74) is 1.29. The molecule has 5 heteroatoms. The molecule has 0 atom stereocenters. The van der Waals surface area contributed by atoms with Crippen LogP contribution in [0.3, 0.4) is 0 Å². The predicted octanol–water partition coefficient (Wildman–Crippen LogP) is 0.430.